The fourth-order valence-electron chi connectivity index (χ4n) is 3.18. The number of halogens is 1. The van der Waals surface area contributed by atoms with Gasteiger partial charge in [0.05, 0.1) is 29.5 Å². The standard InChI is InChI=1S/C21H18ClN5O3/c1-27-11-23-16-9-13(5-8-15(16)21(27)29)20(28)24-19-18(17(10-30-2)25-26-19)12-3-6-14(22)7-4-12/h3-9,11H,10H2,1-2H3,(H2,24,25,26,28). The third-order valence-corrected chi connectivity index (χ3v) is 4.93. The fourth-order valence-corrected chi connectivity index (χ4v) is 3.30. The van der Waals surface area contributed by atoms with Crippen LogP contribution in [-0.4, -0.2) is 32.8 Å². The number of amides is 1. The van der Waals surface area contributed by atoms with Crippen molar-refractivity contribution < 1.29 is 9.53 Å². The number of nitrogens with one attached hydrogen (secondary N) is 2. The summed E-state index contributed by atoms with van der Waals surface area (Å²) in [5.41, 5.74) is 2.91. The van der Waals surface area contributed by atoms with E-state index in [2.05, 4.69) is 20.5 Å². The van der Waals surface area contributed by atoms with Crippen molar-refractivity contribution in [3.05, 3.63) is 75.4 Å². The van der Waals surface area contributed by atoms with Gasteiger partial charge in [-0.2, -0.15) is 5.10 Å². The number of H-pyrrole nitrogens is 1. The molecule has 2 N–H and O–H groups in total. The number of rotatable bonds is 5. The van der Waals surface area contributed by atoms with Gasteiger partial charge in [-0.3, -0.25) is 14.7 Å². The number of aromatic amines is 1. The Labute approximate surface area is 176 Å². The maximum atomic E-state index is 12.9. The summed E-state index contributed by atoms with van der Waals surface area (Å²) in [5, 5.41) is 11.0. The zero-order valence-corrected chi connectivity index (χ0v) is 17.0. The predicted molar refractivity (Wildman–Crippen MR) is 115 cm³/mol. The molecule has 0 saturated heterocycles. The minimum atomic E-state index is -0.370. The van der Waals surface area contributed by atoms with Gasteiger partial charge in [0.15, 0.2) is 5.82 Å². The molecule has 8 nitrogen and oxygen atoms in total. The summed E-state index contributed by atoms with van der Waals surface area (Å²) in [7, 11) is 3.21. The van der Waals surface area contributed by atoms with Gasteiger partial charge in [0.2, 0.25) is 0 Å². The largest absolute Gasteiger partial charge is 0.378 e. The van der Waals surface area contributed by atoms with E-state index in [0.29, 0.717) is 33.9 Å². The van der Waals surface area contributed by atoms with Crippen molar-refractivity contribution in [2.45, 2.75) is 6.61 Å². The first kappa shape index (κ1) is 19.8. The van der Waals surface area contributed by atoms with Crippen LogP contribution in [0.5, 0.6) is 0 Å². The molecule has 0 aliphatic carbocycles. The average molecular weight is 424 g/mol. The Morgan fingerprint density at radius 1 is 1.23 bits per heavy atom. The summed E-state index contributed by atoms with van der Waals surface area (Å²) < 4.78 is 6.63. The summed E-state index contributed by atoms with van der Waals surface area (Å²) in [6.45, 7) is 0.296. The monoisotopic (exact) mass is 423 g/mol. The van der Waals surface area contributed by atoms with Gasteiger partial charge in [-0.05, 0) is 35.9 Å². The van der Waals surface area contributed by atoms with E-state index in [0.717, 1.165) is 16.8 Å². The number of carbonyl (C=O) groups excluding carboxylic acids is 1. The molecule has 0 bridgehead atoms. The summed E-state index contributed by atoms with van der Waals surface area (Å²) in [4.78, 5) is 29.3. The number of nitrogens with zero attached hydrogens (tertiary/aromatic N) is 3. The lowest BCUT2D eigenvalue weighted by Gasteiger charge is -2.08. The Bertz CT molecular complexity index is 1290. The number of aryl methyl sites for hydroxylation is 1. The van der Waals surface area contributed by atoms with E-state index < -0.39 is 0 Å². The van der Waals surface area contributed by atoms with Gasteiger partial charge in [-0.1, -0.05) is 23.7 Å². The second-order valence-corrected chi connectivity index (χ2v) is 7.15. The predicted octanol–water partition coefficient (Wildman–Crippen LogP) is 3.38. The molecule has 0 fully saturated rings. The van der Waals surface area contributed by atoms with Gasteiger partial charge in [0, 0.05) is 30.3 Å². The van der Waals surface area contributed by atoms with E-state index in [1.165, 1.54) is 10.9 Å². The van der Waals surface area contributed by atoms with E-state index in [1.807, 2.05) is 12.1 Å². The van der Waals surface area contributed by atoms with Crippen molar-refractivity contribution in [3.63, 3.8) is 0 Å². The zero-order valence-electron chi connectivity index (χ0n) is 16.3. The molecule has 0 aliphatic heterocycles. The van der Waals surface area contributed by atoms with Crippen molar-refractivity contribution in [1.82, 2.24) is 19.7 Å². The molecule has 152 valence electrons. The topological polar surface area (TPSA) is 102 Å². The molecule has 0 unspecified atom stereocenters. The van der Waals surface area contributed by atoms with Crippen LogP contribution in [0.15, 0.2) is 53.6 Å². The molecule has 2 heterocycles. The normalized spacial score (nSPS) is 11.0. The second-order valence-electron chi connectivity index (χ2n) is 6.71. The van der Waals surface area contributed by atoms with E-state index in [9.17, 15) is 9.59 Å². The Balaban J connectivity index is 1.69. The van der Waals surface area contributed by atoms with E-state index in [4.69, 9.17) is 16.3 Å². The van der Waals surface area contributed by atoms with Crippen molar-refractivity contribution in [3.8, 4) is 11.1 Å². The number of carbonyl (C=O) groups is 1. The zero-order chi connectivity index (χ0) is 21.3. The summed E-state index contributed by atoms with van der Waals surface area (Å²) in [5.74, 6) is -0.00328. The minimum Gasteiger partial charge on any atom is -0.378 e. The average Bonchev–Trinajstić information content (AvgIpc) is 3.13. The number of hydrogen-bond acceptors (Lipinski definition) is 5. The minimum absolute atomic E-state index is 0.173. The molecule has 0 atom stereocenters. The number of hydrogen-bond donors (Lipinski definition) is 2. The molecule has 0 aliphatic rings. The van der Waals surface area contributed by atoms with E-state index in [-0.39, 0.29) is 11.5 Å². The van der Waals surface area contributed by atoms with Crippen molar-refractivity contribution in [2.24, 2.45) is 7.05 Å². The molecule has 0 radical (unpaired) electrons. The third kappa shape index (κ3) is 3.70. The van der Waals surface area contributed by atoms with Crippen LogP contribution >= 0.6 is 11.6 Å². The first-order chi connectivity index (χ1) is 14.5. The van der Waals surface area contributed by atoms with E-state index >= 15 is 0 Å². The molecule has 0 spiro atoms. The van der Waals surface area contributed by atoms with Crippen LogP contribution in [0.4, 0.5) is 5.82 Å². The number of fused-ring (bicyclic) bond motifs is 1. The lowest BCUT2D eigenvalue weighted by Crippen LogP contribution is -2.18. The van der Waals surface area contributed by atoms with Crippen LogP contribution in [0.25, 0.3) is 22.0 Å². The van der Waals surface area contributed by atoms with Crippen molar-refractivity contribution in [2.75, 3.05) is 12.4 Å². The van der Waals surface area contributed by atoms with Gasteiger partial charge >= 0.3 is 0 Å². The molecule has 4 aromatic rings. The van der Waals surface area contributed by atoms with Crippen LogP contribution in [0, 0.1) is 0 Å². The van der Waals surface area contributed by atoms with Crippen LogP contribution < -0.4 is 10.9 Å². The molecule has 1 amide bonds. The molecule has 2 aromatic carbocycles. The van der Waals surface area contributed by atoms with Crippen molar-refractivity contribution in [1.29, 1.82) is 0 Å². The first-order valence-corrected chi connectivity index (χ1v) is 9.44. The maximum Gasteiger partial charge on any atom is 0.260 e. The van der Waals surface area contributed by atoms with Crippen molar-refractivity contribution >= 4 is 34.2 Å². The van der Waals surface area contributed by atoms with Crippen LogP contribution in [0.3, 0.4) is 0 Å². The molecular weight excluding hydrogens is 406 g/mol. The summed E-state index contributed by atoms with van der Waals surface area (Å²) in [6.07, 6.45) is 1.43. The van der Waals surface area contributed by atoms with E-state index in [1.54, 1.807) is 44.5 Å². The molecule has 30 heavy (non-hydrogen) atoms. The Morgan fingerprint density at radius 2 is 2.00 bits per heavy atom. The highest BCUT2D eigenvalue weighted by atomic mass is 35.5. The van der Waals surface area contributed by atoms with Gasteiger partial charge in [-0.25, -0.2) is 4.98 Å². The maximum absolute atomic E-state index is 12.9. The Morgan fingerprint density at radius 3 is 2.73 bits per heavy atom. The molecule has 9 heteroatoms. The molecule has 0 saturated carbocycles. The summed E-state index contributed by atoms with van der Waals surface area (Å²) >= 11 is 6.00. The Hall–Kier alpha value is -3.49. The lowest BCUT2D eigenvalue weighted by atomic mass is 10.1. The lowest BCUT2D eigenvalue weighted by molar-refractivity contribution is 0.102. The number of benzene rings is 2. The number of aromatic nitrogens is 4. The number of methoxy groups -OCH3 is 1. The number of anilines is 1. The smallest absolute Gasteiger partial charge is 0.260 e. The van der Waals surface area contributed by atoms with Crippen LogP contribution in [0.2, 0.25) is 5.02 Å². The quantitative estimate of drug-likeness (QED) is 0.512. The highest BCUT2D eigenvalue weighted by molar-refractivity contribution is 6.30. The van der Waals surface area contributed by atoms with Crippen LogP contribution in [-0.2, 0) is 18.4 Å². The van der Waals surface area contributed by atoms with Gasteiger partial charge < -0.3 is 14.6 Å². The molecular formula is C21H18ClN5O3. The highest BCUT2D eigenvalue weighted by Crippen LogP contribution is 2.31. The fraction of sp³-hybridized carbons (Fsp3) is 0.143. The van der Waals surface area contributed by atoms with Gasteiger partial charge in [0.25, 0.3) is 11.5 Å². The second kappa shape index (κ2) is 8.10. The third-order valence-electron chi connectivity index (χ3n) is 4.68. The van der Waals surface area contributed by atoms with Gasteiger partial charge in [-0.15, -0.1) is 0 Å². The van der Waals surface area contributed by atoms with Gasteiger partial charge in [0.1, 0.15) is 0 Å². The SMILES string of the molecule is COCc1[nH]nc(NC(=O)c2ccc3c(=O)n(C)cnc3c2)c1-c1ccc(Cl)cc1. The molecule has 2 aromatic heterocycles. The Kier molecular flexibility index (Phi) is 5.35. The molecule has 4 rings (SSSR count). The number of ether oxygens (including phenoxy) is 1. The van der Waals surface area contributed by atoms with Crippen LogP contribution in [0.1, 0.15) is 16.1 Å². The first-order valence-electron chi connectivity index (χ1n) is 9.07. The highest BCUT2D eigenvalue weighted by Gasteiger charge is 2.18. The summed E-state index contributed by atoms with van der Waals surface area (Å²) in [6, 6.07) is 12.0.